The van der Waals surface area contributed by atoms with Crippen molar-refractivity contribution in [2.75, 3.05) is 7.11 Å². The van der Waals surface area contributed by atoms with E-state index >= 15 is 0 Å². The van der Waals surface area contributed by atoms with Gasteiger partial charge in [-0.2, -0.15) is 18.2 Å². The van der Waals surface area contributed by atoms with Crippen LogP contribution in [0.4, 0.5) is 17.6 Å². The van der Waals surface area contributed by atoms with Crippen molar-refractivity contribution in [1.29, 1.82) is 0 Å². The second kappa shape index (κ2) is 6.98. The van der Waals surface area contributed by atoms with E-state index in [0.717, 1.165) is 6.07 Å². The fourth-order valence-corrected chi connectivity index (χ4v) is 2.01. The highest BCUT2D eigenvalue weighted by molar-refractivity contribution is 5.55. The van der Waals surface area contributed by atoms with Gasteiger partial charge in [0.25, 0.3) is 0 Å². The Bertz CT molecular complexity index is 895. The predicted molar refractivity (Wildman–Crippen MR) is 79.8 cm³/mol. The van der Waals surface area contributed by atoms with E-state index in [4.69, 9.17) is 9.47 Å². The van der Waals surface area contributed by atoms with Crippen molar-refractivity contribution in [3.05, 3.63) is 53.8 Å². The number of nitrogens with zero attached hydrogens (tertiary/aromatic N) is 3. The Morgan fingerprint density at radius 3 is 2.54 bits per heavy atom. The van der Waals surface area contributed by atoms with Gasteiger partial charge in [0.1, 0.15) is 18.2 Å². The summed E-state index contributed by atoms with van der Waals surface area (Å²) in [5.41, 5.74) is 0.235. The van der Waals surface area contributed by atoms with Gasteiger partial charge in [-0.15, -0.1) is 0 Å². The highest BCUT2D eigenvalue weighted by atomic mass is 19.4. The molecule has 0 bridgehead atoms. The van der Waals surface area contributed by atoms with Crippen LogP contribution in [0.15, 0.2) is 41.1 Å². The van der Waals surface area contributed by atoms with Crippen molar-refractivity contribution in [3.63, 3.8) is 0 Å². The molecule has 10 heteroatoms. The molecule has 0 saturated carbocycles. The van der Waals surface area contributed by atoms with Crippen molar-refractivity contribution in [2.24, 2.45) is 0 Å². The minimum atomic E-state index is -4.79. The summed E-state index contributed by atoms with van der Waals surface area (Å²) in [6.07, 6.45) is -3.33. The van der Waals surface area contributed by atoms with E-state index in [-0.39, 0.29) is 12.2 Å². The summed E-state index contributed by atoms with van der Waals surface area (Å²) in [6, 6.07) is 7.08. The summed E-state index contributed by atoms with van der Waals surface area (Å²) in [5, 5.41) is 3.15. The average Bonchev–Trinajstić information content (AvgIpc) is 3.10. The number of hydrogen-bond donors (Lipinski definition) is 0. The summed E-state index contributed by atoms with van der Waals surface area (Å²) in [7, 11) is 1.50. The van der Waals surface area contributed by atoms with E-state index in [2.05, 4.69) is 19.6 Å². The normalized spacial score (nSPS) is 11.4. The first-order valence-corrected chi connectivity index (χ1v) is 7.19. The zero-order chi connectivity index (χ0) is 18.7. The Morgan fingerprint density at radius 2 is 1.96 bits per heavy atom. The summed E-state index contributed by atoms with van der Waals surface area (Å²) >= 11 is 0. The second-order valence-electron chi connectivity index (χ2n) is 5.06. The lowest BCUT2D eigenvalue weighted by Crippen LogP contribution is -2.05. The van der Waals surface area contributed by atoms with Crippen molar-refractivity contribution in [3.8, 4) is 23.0 Å². The first kappa shape index (κ1) is 17.6. The van der Waals surface area contributed by atoms with Crippen LogP contribution in [0.2, 0.25) is 0 Å². The third kappa shape index (κ3) is 3.90. The summed E-state index contributed by atoms with van der Waals surface area (Å²) in [6.45, 7) is 0.0105. The Hall–Kier alpha value is -3.17. The number of pyridine rings is 1. The van der Waals surface area contributed by atoms with Crippen LogP contribution < -0.4 is 9.47 Å². The first-order chi connectivity index (χ1) is 12.4. The molecule has 0 unspecified atom stereocenters. The molecule has 0 aliphatic rings. The number of benzene rings is 1. The predicted octanol–water partition coefficient (Wildman–Crippen LogP) is 3.88. The zero-order valence-corrected chi connectivity index (χ0v) is 13.2. The topological polar surface area (TPSA) is 70.3 Å². The molecule has 0 spiro atoms. The van der Waals surface area contributed by atoms with Crippen LogP contribution in [-0.2, 0) is 12.8 Å². The number of halogens is 4. The van der Waals surface area contributed by atoms with E-state index in [0.29, 0.717) is 17.2 Å². The second-order valence-corrected chi connectivity index (χ2v) is 5.06. The minimum absolute atomic E-state index is 0.0105. The fourth-order valence-electron chi connectivity index (χ4n) is 2.01. The van der Waals surface area contributed by atoms with E-state index < -0.39 is 23.7 Å². The molecule has 3 rings (SSSR count). The van der Waals surface area contributed by atoms with Gasteiger partial charge < -0.3 is 14.0 Å². The Kier molecular flexibility index (Phi) is 4.74. The van der Waals surface area contributed by atoms with Gasteiger partial charge in [0.2, 0.25) is 11.7 Å². The molecule has 0 atom stereocenters. The number of aromatic nitrogens is 3. The highest BCUT2D eigenvalue weighted by Crippen LogP contribution is 2.30. The van der Waals surface area contributed by atoms with Gasteiger partial charge in [-0.25, -0.2) is 9.37 Å². The fraction of sp³-hybridized carbons (Fsp3) is 0.188. The number of ether oxygens (including phenoxy) is 2. The van der Waals surface area contributed by atoms with Crippen LogP contribution >= 0.6 is 0 Å². The molecule has 0 aliphatic heterocycles. The van der Waals surface area contributed by atoms with Crippen LogP contribution in [0.5, 0.6) is 11.6 Å². The summed E-state index contributed by atoms with van der Waals surface area (Å²) in [4.78, 5) is 7.15. The van der Waals surface area contributed by atoms with Crippen LogP contribution in [0, 0.1) is 5.82 Å². The molecule has 26 heavy (non-hydrogen) atoms. The first-order valence-electron chi connectivity index (χ1n) is 7.19. The number of methoxy groups -OCH3 is 1. The van der Waals surface area contributed by atoms with Gasteiger partial charge in [-0.1, -0.05) is 11.2 Å². The molecular weight excluding hydrogens is 358 g/mol. The van der Waals surface area contributed by atoms with E-state index in [9.17, 15) is 17.6 Å². The Balaban J connectivity index is 1.71. The van der Waals surface area contributed by atoms with Gasteiger partial charge in [0.15, 0.2) is 0 Å². The lowest BCUT2D eigenvalue weighted by Gasteiger charge is -2.07. The lowest BCUT2D eigenvalue weighted by molar-refractivity contribution is -0.159. The van der Waals surface area contributed by atoms with Gasteiger partial charge in [-0.3, -0.25) is 0 Å². The van der Waals surface area contributed by atoms with Crippen LogP contribution in [0.25, 0.3) is 11.4 Å². The SMILES string of the molecule is COc1ccc(OCc2ccc(-c3noc(C(F)(F)F)n3)c(F)c2)nc1. The molecule has 136 valence electrons. The standard InChI is InChI=1S/C16H11F4N3O3/c1-24-10-3-5-13(21-7-10)25-8-9-2-4-11(12(17)6-9)14-22-15(26-23-14)16(18,19)20/h2-7H,8H2,1H3. The molecule has 0 amide bonds. The maximum absolute atomic E-state index is 14.2. The molecule has 0 radical (unpaired) electrons. The van der Waals surface area contributed by atoms with E-state index in [1.165, 1.54) is 25.4 Å². The molecule has 2 aromatic heterocycles. The molecule has 2 heterocycles. The lowest BCUT2D eigenvalue weighted by atomic mass is 10.1. The maximum atomic E-state index is 14.2. The smallest absolute Gasteiger partial charge is 0.471 e. The van der Waals surface area contributed by atoms with E-state index in [1.807, 2.05) is 0 Å². The van der Waals surface area contributed by atoms with E-state index in [1.54, 1.807) is 12.1 Å². The molecular formula is C16H11F4N3O3. The Morgan fingerprint density at radius 1 is 1.15 bits per heavy atom. The van der Waals surface area contributed by atoms with Crippen molar-refractivity contribution in [1.82, 2.24) is 15.1 Å². The zero-order valence-electron chi connectivity index (χ0n) is 13.2. The van der Waals surface area contributed by atoms with Crippen LogP contribution in [0.1, 0.15) is 11.5 Å². The maximum Gasteiger partial charge on any atom is 0.471 e. The molecule has 0 saturated heterocycles. The molecule has 3 aromatic rings. The monoisotopic (exact) mass is 369 g/mol. The molecule has 6 nitrogen and oxygen atoms in total. The van der Waals surface area contributed by atoms with Crippen molar-refractivity contribution < 1.29 is 31.6 Å². The summed E-state index contributed by atoms with van der Waals surface area (Å²) in [5.74, 6) is -1.96. The highest BCUT2D eigenvalue weighted by Gasteiger charge is 2.38. The molecule has 1 aromatic carbocycles. The summed E-state index contributed by atoms with van der Waals surface area (Å²) < 4.78 is 66.1. The van der Waals surface area contributed by atoms with Gasteiger partial charge in [0.05, 0.1) is 18.9 Å². The van der Waals surface area contributed by atoms with Crippen molar-refractivity contribution >= 4 is 0 Å². The van der Waals surface area contributed by atoms with Crippen LogP contribution in [0.3, 0.4) is 0 Å². The third-order valence-corrected chi connectivity index (χ3v) is 3.27. The quantitative estimate of drug-likeness (QED) is 0.636. The number of alkyl halides is 3. The molecule has 0 N–H and O–H groups in total. The Labute approximate surface area is 144 Å². The average molecular weight is 369 g/mol. The minimum Gasteiger partial charge on any atom is -0.495 e. The third-order valence-electron chi connectivity index (χ3n) is 3.27. The van der Waals surface area contributed by atoms with Crippen molar-refractivity contribution in [2.45, 2.75) is 12.8 Å². The number of hydrogen-bond acceptors (Lipinski definition) is 6. The largest absolute Gasteiger partial charge is 0.495 e. The van der Waals surface area contributed by atoms with Gasteiger partial charge in [0, 0.05) is 6.07 Å². The van der Waals surface area contributed by atoms with Crippen LogP contribution in [-0.4, -0.2) is 22.2 Å². The molecule has 0 fully saturated rings. The van der Waals surface area contributed by atoms with Gasteiger partial charge in [-0.05, 0) is 23.8 Å². The number of rotatable bonds is 5. The van der Waals surface area contributed by atoms with Gasteiger partial charge >= 0.3 is 12.1 Å². The molecule has 0 aliphatic carbocycles.